The van der Waals surface area contributed by atoms with Gasteiger partial charge in [-0.25, -0.2) is 4.79 Å². The number of nitrogens with zero attached hydrogens (tertiary/aromatic N) is 1. The van der Waals surface area contributed by atoms with Crippen LogP contribution in [-0.4, -0.2) is 53.5 Å². The first kappa shape index (κ1) is 12.7. The van der Waals surface area contributed by atoms with E-state index in [1.807, 2.05) is 0 Å². The molecule has 3 unspecified atom stereocenters. The predicted molar refractivity (Wildman–Crippen MR) is 65.5 cm³/mol. The molecule has 5 nitrogen and oxygen atoms in total. The Kier molecular flexibility index (Phi) is 3.93. The number of esters is 1. The smallest absolute Gasteiger partial charge is 0.329 e. The van der Waals surface area contributed by atoms with Crippen molar-refractivity contribution < 1.29 is 14.3 Å². The summed E-state index contributed by atoms with van der Waals surface area (Å²) >= 11 is 1.69. The normalized spacial score (nSPS) is 32.1. The molecule has 0 aromatic carbocycles. The van der Waals surface area contributed by atoms with Crippen molar-refractivity contribution >= 4 is 23.6 Å². The Bertz CT molecular complexity index is 324. The first-order valence-electron chi connectivity index (χ1n) is 5.95. The molecule has 2 fully saturated rings. The maximum atomic E-state index is 12.1. The molecule has 0 spiro atoms. The minimum absolute atomic E-state index is 0.0140. The van der Waals surface area contributed by atoms with Crippen LogP contribution in [0.2, 0.25) is 0 Å². The van der Waals surface area contributed by atoms with Gasteiger partial charge in [-0.2, -0.15) is 11.8 Å². The Morgan fingerprint density at radius 1 is 1.53 bits per heavy atom. The summed E-state index contributed by atoms with van der Waals surface area (Å²) in [5.74, 6) is 1.17. The minimum atomic E-state index is -0.422. The number of nitrogens with two attached hydrogens (primary N) is 1. The lowest BCUT2D eigenvalue weighted by Crippen LogP contribution is -2.51. The van der Waals surface area contributed by atoms with E-state index in [4.69, 9.17) is 10.5 Å². The van der Waals surface area contributed by atoms with Crippen molar-refractivity contribution in [3.05, 3.63) is 0 Å². The largest absolute Gasteiger partial charge is 0.464 e. The van der Waals surface area contributed by atoms with Crippen LogP contribution in [0.3, 0.4) is 0 Å². The van der Waals surface area contributed by atoms with Gasteiger partial charge in [0.25, 0.3) is 0 Å². The van der Waals surface area contributed by atoms with Crippen LogP contribution in [-0.2, 0) is 14.3 Å². The van der Waals surface area contributed by atoms with Crippen molar-refractivity contribution in [3.63, 3.8) is 0 Å². The van der Waals surface area contributed by atoms with Gasteiger partial charge in [0.05, 0.1) is 12.5 Å². The van der Waals surface area contributed by atoms with Crippen LogP contribution in [0.4, 0.5) is 0 Å². The average Bonchev–Trinajstić information content (AvgIpc) is 3.06. The summed E-state index contributed by atoms with van der Waals surface area (Å²) in [6.45, 7) is 2.75. The van der Waals surface area contributed by atoms with Gasteiger partial charge in [-0.3, -0.25) is 4.79 Å². The molecule has 1 saturated heterocycles. The van der Waals surface area contributed by atoms with Gasteiger partial charge in [0.2, 0.25) is 5.91 Å². The maximum absolute atomic E-state index is 12.1. The van der Waals surface area contributed by atoms with E-state index >= 15 is 0 Å². The summed E-state index contributed by atoms with van der Waals surface area (Å²) in [4.78, 5) is 25.6. The lowest BCUT2D eigenvalue weighted by atomic mass is 10.2. The molecule has 96 valence electrons. The summed E-state index contributed by atoms with van der Waals surface area (Å²) < 4.78 is 5.01. The molecule has 1 heterocycles. The second kappa shape index (κ2) is 5.27. The van der Waals surface area contributed by atoms with E-state index < -0.39 is 6.04 Å². The highest BCUT2D eigenvalue weighted by Gasteiger charge is 2.45. The standard InChI is InChI=1S/C11H18N2O3S/c1-2-16-11(15)9-6-17-4-3-13(9)10(14)7-5-8(7)12/h7-9H,2-6,12H2,1H3. The Labute approximate surface area is 105 Å². The SMILES string of the molecule is CCOC(=O)C1CSCCN1C(=O)C1CC1N. The molecule has 2 N–H and O–H groups in total. The van der Waals surface area contributed by atoms with Crippen molar-refractivity contribution in [1.29, 1.82) is 0 Å². The van der Waals surface area contributed by atoms with Gasteiger partial charge < -0.3 is 15.4 Å². The number of carbonyl (C=O) groups is 2. The lowest BCUT2D eigenvalue weighted by molar-refractivity contribution is -0.154. The molecule has 1 saturated carbocycles. The Hall–Kier alpha value is -0.750. The van der Waals surface area contributed by atoms with Crippen molar-refractivity contribution in [2.24, 2.45) is 11.7 Å². The van der Waals surface area contributed by atoms with E-state index in [0.29, 0.717) is 18.9 Å². The maximum Gasteiger partial charge on any atom is 0.329 e. The molecule has 0 radical (unpaired) electrons. The molecule has 1 aliphatic heterocycles. The summed E-state index contributed by atoms with van der Waals surface area (Å²) in [6.07, 6.45) is 0.748. The second-order valence-electron chi connectivity index (χ2n) is 4.38. The van der Waals surface area contributed by atoms with Crippen LogP contribution >= 0.6 is 11.8 Å². The van der Waals surface area contributed by atoms with E-state index in [9.17, 15) is 9.59 Å². The second-order valence-corrected chi connectivity index (χ2v) is 5.53. The van der Waals surface area contributed by atoms with E-state index in [0.717, 1.165) is 12.2 Å². The number of thioether (sulfide) groups is 1. The zero-order valence-corrected chi connectivity index (χ0v) is 10.7. The fourth-order valence-corrected chi connectivity index (χ4v) is 3.04. The third kappa shape index (κ3) is 2.74. The predicted octanol–water partition coefficient (Wildman–Crippen LogP) is -0.159. The van der Waals surface area contributed by atoms with Gasteiger partial charge in [-0.05, 0) is 13.3 Å². The molecule has 6 heteroatoms. The number of hydrogen-bond donors (Lipinski definition) is 1. The van der Waals surface area contributed by atoms with E-state index in [1.54, 1.807) is 23.6 Å². The molecular weight excluding hydrogens is 240 g/mol. The molecule has 3 atom stereocenters. The molecule has 0 aromatic heterocycles. The third-order valence-corrected chi connectivity index (χ3v) is 4.15. The number of ether oxygens (including phenoxy) is 1. The van der Waals surface area contributed by atoms with Gasteiger partial charge in [0.15, 0.2) is 0 Å². The zero-order valence-electron chi connectivity index (χ0n) is 9.93. The first-order valence-corrected chi connectivity index (χ1v) is 7.11. The fourth-order valence-electron chi connectivity index (χ4n) is 2.01. The van der Waals surface area contributed by atoms with Crippen LogP contribution in [0, 0.1) is 5.92 Å². The summed E-state index contributed by atoms with van der Waals surface area (Å²) in [5, 5.41) is 0. The highest BCUT2D eigenvalue weighted by Crippen LogP contribution is 2.32. The monoisotopic (exact) mass is 258 g/mol. The zero-order chi connectivity index (χ0) is 12.4. The van der Waals surface area contributed by atoms with Gasteiger partial charge in [-0.1, -0.05) is 0 Å². The van der Waals surface area contributed by atoms with Crippen molar-refractivity contribution in [2.45, 2.75) is 25.4 Å². The highest BCUT2D eigenvalue weighted by molar-refractivity contribution is 7.99. The topological polar surface area (TPSA) is 72.6 Å². The number of hydrogen-bond acceptors (Lipinski definition) is 5. The quantitative estimate of drug-likeness (QED) is 0.712. The van der Waals surface area contributed by atoms with Gasteiger partial charge in [-0.15, -0.1) is 0 Å². The van der Waals surface area contributed by atoms with Crippen LogP contribution < -0.4 is 5.73 Å². The molecule has 0 bridgehead atoms. The van der Waals surface area contributed by atoms with E-state index in [-0.39, 0.29) is 23.8 Å². The Balaban J connectivity index is 2.01. The molecule has 0 aromatic rings. The van der Waals surface area contributed by atoms with Crippen LogP contribution in [0.15, 0.2) is 0 Å². The first-order chi connectivity index (χ1) is 8.15. The molecule has 17 heavy (non-hydrogen) atoms. The van der Waals surface area contributed by atoms with Gasteiger partial charge in [0, 0.05) is 24.1 Å². The number of amides is 1. The highest BCUT2D eigenvalue weighted by atomic mass is 32.2. The molecule has 1 amide bonds. The Morgan fingerprint density at radius 3 is 2.82 bits per heavy atom. The van der Waals surface area contributed by atoms with Crippen LogP contribution in [0.5, 0.6) is 0 Å². The molecular formula is C11H18N2O3S. The average molecular weight is 258 g/mol. The summed E-state index contributed by atoms with van der Waals surface area (Å²) in [6, 6.07) is -0.436. The molecule has 1 aliphatic carbocycles. The van der Waals surface area contributed by atoms with Crippen LogP contribution in [0.25, 0.3) is 0 Å². The number of carbonyl (C=O) groups excluding carboxylic acids is 2. The summed E-state index contributed by atoms with van der Waals surface area (Å²) in [7, 11) is 0. The molecule has 2 aliphatic rings. The Morgan fingerprint density at radius 2 is 2.24 bits per heavy atom. The summed E-state index contributed by atoms with van der Waals surface area (Å²) in [5.41, 5.74) is 5.69. The van der Waals surface area contributed by atoms with E-state index in [2.05, 4.69) is 0 Å². The molecule has 2 rings (SSSR count). The van der Waals surface area contributed by atoms with Crippen molar-refractivity contribution in [3.8, 4) is 0 Å². The van der Waals surface area contributed by atoms with Crippen molar-refractivity contribution in [2.75, 3.05) is 24.7 Å². The van der Waals surface area contributed by atoms with Crippen molar-refractivity contribution in [1.82, 2.24) is 4.90 Å². The third-order valence-electron chi connectivity index (χ3n) is 3.13. The van der Waals surface area contributed by atoms with Gasteiger partial charge in [0.1, 0.15) is 6.04 Å². The van der Waals surface area contributed by atoms with E-state index in [1.165, 1.54) is 0 Å². The van der Waals surface area contributed by atoms with Crippen LogP contribution in [0.1, 0.15) is 13.3 Å². The lowest BCUT2D eigenvalue weighted by Gasteiger charge is -2.33. The minimum Gasteiger partial charge on any atom is -0.464 e. The number of rotatable bonds is 3. The fraction of sp³-hybridized carbons (Fsp3) is 0.818. The van der Waals surface area contributed by atoms with Gasteiger partial charge >= 0.3 is 5.97 Å².